The molecule has 1 heteroatoms. The van der Waals surface area contributed by atoms with Gasteiger partial charge in [0.25, 0.3) is 0 Å². The summed E-state index contributed by atoms with van der Waals surface area (Å²) in [5, 5.41) is 0. The van der Waals surface area contributed by atoms with Crippen LogP contribution < -0.4 is 0 Å². The van der Waals surface area contributed by atoms with Crippen LogP contribution in [-0.4, -0.2) is 0 Å². The van der Waals surface area contributed by atoms with Crippen molar-refractivity contribution in [3.05, 3.63) is 82.2 Å². The number of aryl methyl sites for hydroxylation is 3. The summed E-state index contributed by atoms with van der Waals surface area (Å²) < 4.78 is 14.7. The molecule has 0 heterocycles. The van der Waals surface area contributed by atoms with Crippen molar-refractivity contribution in [2.24, 2.45) is 0 Å². The van der Waals surface area contributed by atoms with Crippen molar-refractivity contribution < 1.29 is 4.39 Å². The summed E-state index contributed by atoms with van der Waals surface area (Å²) in [7, 11) is 0. The minimum Gasteiger partial charge on any atom is -0.207 e. The van der Waals surface area contributed by atoms with Crippen LogP contribution in [-0.2, 0) is 25.7 Å². The Labute approximate surface area is 151 Å². The summed E-state index contributed by atoms with van der Waals surface area (Å²) in [6.07, 6.45) is 11.5. The molecule has 0 spiro atoms. The number of rotatable bonds is 6. The number of halogens is 1. The number of allylic oxidation sites excluding steroid dienone is 2. The first-order valence-electron chi connectivity index (χ1n) is 9.71. The van der Waals surface area contributed by atoms with E-state index in [1.54, 1.807) is 6.07 Å². The highest BCUT2D eigenvalue weighted by Crippen LogP contribution is 2.34. The molecule has 0 aliphatic heterocycles. The van der Waals surface area contributed by atoms with Crippen molar-refractivity contribution in [1.82, 2.24) is 0 Å². The van der Waals surface area contributed by atoms with Gasteiger partial charge in [0, 0.05) is 0 Å². The van der Waals surface area contributed by atoms with Gasteiger partial charge in [0.1, 0.15) is 5.82 Å². The lowest BCUT2D eigenvalue weighted by molar-refractivity contribution is 0.532. The van der Waals surface area contributed by atoms with Gasteiger partial charge in [-0.15, -0.1) is 0 Å². The smallest absolute Gasteiger partial charge is 0.126 e. The topological polar surface area (TPSA) is 0 Å². The molecule has 0 fully saturated rings. The van der Waals surface area contributed by atoms with Crippen LogP contribution in [0.2, 0.25) is 0 Å². The van der Waals surface area contributed by atoms with Crippen molar-refractivity contribution in [2.75, 3.05) is 0 Å². The number of benzene rings is 2. The lowest BCUT2D eigenvalue weighted by Crippen LogP contribution is -2.14. The Kier molecular flexibility index (Phi) is 6.07. The van der Waals surface area contributed by atoms with Gasteiger partial charge in [-0.2, -0.15) is 0 Å². The van der Waals surface area contributed by atoms with E-state index in [0.717, 1.165) is 49.7 Å². The van der Waals surface area contributed by atoms with E-state index in [4.69, 9.17) is 0 Å². The Hall–Kier alpha value is -1.89. The molecule has 1 unspecified atom stereocenters. The Balaban J connectivity index is 1.73. The second-order valence-corrected chi connectivity index (χ2v) is 7.26. The van der Waals surface area contributed by atoms with Crippen molar-refractivity contribution in [2.45, 2.75) is 64.7 Å². The lowest BCUT2D eigenvalue weighted by atomic mass is 9.79. The fourth-order valence-corrected chi connectivity index (χ4v) is 3.99. The van der Waals surface area contributed by atoms with Crippen LogP contribution in [0.15, 0.2) is 48.6 Å². The van der Waals surface area contributed by atoms with Gasteiger partial charge >= 0.3 is 0 Å². The Morgan fingerprint density at radius 2 is 1.84 bits per heavy atom. The second-order valence-electron chi connectivity index (χ2n) is 7.26. The molecule has 0 bridgehead atoms. The average molecular weight is 336 g/mol. The monoisotopic (exact) mass is 336 g/mol. The highest BCUT2D eigenvalue weighted by Gasteiger charge is 2.22. The summed E-state index contributed by atoms with van der Waals surface area (Å²) in [6, 6.07) is 12.8. The summed E-state index contributed by atoms with van der Waals surface area (Å²) in [4.78, 5) is 0. The first kappa shape index (κ1) is 17.9. The molecule has 0 amide bonds. The molecule has 25 heavy (non-hydrogen) atoms. The van der Waals surface area contributed by atoms with Crippen LogP contribution in [0.25, 0.3) is 0 Å². The third-order valence-electron chi connectivity index (χ3n) is 5.38. The quantitative estimate of drug-likeness (QED) is 0.524. The molecule has 2 aromatic carbocycles. The Bertz CT molecular complexity index is 742. The molecular weight excluding hydrogens is 307 g/mol. The molecule has 0 saturated heterocycles. The van der Waals surface area contributed by atoms with Gasteiger partial charge in [0.15, 0.2) is 0 Å². The van der Waals surface area contributed by atoms with E-state index in [1.165, 1.54) is 23.1 Å². The van der Waals surface area contributed by atoms with E-state index in [0.29, 0.717) is 5.92 Å². The van der Waals surface area contributed by atoms with Crippen molar-refractivity contribution >= 4 is 0 Å². The molecule has 0 saturated carbocycles. The predicted molar refractivity (Wildman–Crippen MR) is 105 cm³/mol. The fourth-order valence-electron chi connectivity index (χ4n) is 3.99. The lowest BCUT2D eigenvalue weighted by Gasteiger charge is -2.26. The third kappa shape index (κ3) is 4.39. The summed E-state index contributed by atoms with van der Waals surface area (Å²) in [5.41, 5.74) is 6.33. The predicted octanol–water partition coefficient (Wildman–Crippen LogP) is 6.56. The van der Waals surface area contributed by atoms with Gasteiger partial charge in [-0.05, 0) is 85.3 Å². The highest BCUT2D eigenvalue weighted by molar-refractivity contribution is 5.38. The maximum absolute atomic E-state index is 14.7. The first-order chi connectivity index (χ1) is 12.2. The molecule has 0 nitrogen and oxygen atoms in total. The second kappa shape index (κ2) is 8.47. The van der Waals surface area contributed by atoms with Crippen LogP contribution >= 0.6 is 0 Å². The molecule has 1 aliphatic carbocycles. The normalized spacial score (nSPS) is 17.0. The van der Waals surface area contributed by atoms with Gasteiger partial charge < -0.3 is 0 Å². The van der Waals surface area contributed by atoms with Crippen LogP contribution in [0.5, 0.6) is 0 Å². The minimum absolute atomic E-state index is 0.0194. The first-order valence-corrected chi connectivity index (χ1v) is 9.71. The molecule has 0 N–H and O–H groups in total. The minimum atomic E-state index is -0.0194. The molecule has 0 aromatic heterocycles. The van der Waals surface area contributed by atoms with E-state index in [-0.39, 0.29) is 5.82 Å². The van der Waals surface area contributed by atoms with Gasteiger partial charge in [0.2, 0.25) is 0 Å². The van der Waals surface area contributed by atoms with Crippen molar-refractivity contribution in [3.8, 4) is 0 Å². The van der Waals surface area contributed by atoms with Crippen LogP contribution in [0.3, 0.4) is 0 Å². The molecule has 2 aromatic rings. The number of hydrogen-bond donors (Lipinski definition) is 0. The van der Waals surface area contributed by atoms with Gasteiger partial charge in [0.05, 0.1) is 0 Å². The zero-order valence-electron chi connectivity index (χ0n) is 15.5. The van der Waals surface area contributed by atoms with Gasteiger partial charge in [-0.1, -0.05) is 55.8 Å². The zero-order valence-corrected chi connectivity index (χ0v) is 15.5. The Morgan fingerprint density at radius 3 is 2.60 bits per heavy atom. The van der Waals surface area contributed by atoms with E-state index in [9.17, 15) is 4.39 Å². The third-order valence-corrected chi connectivity index (χ3v) is 5.38. The Morgan fingerprint density at radius 1 is 1.04 bits per heavy atom. The molecule has 0 radical (unpaired) electrons. The summed E-state index contributed by atoms with van der Waals surface area (Å²) in [6.45, 7) is 4.25. The van der Waals surface area contributed by atoms with Crippen LogP contribution in [0, 0.1) is 5.82 Å². The highest BCUT2D eigenvalue weighted by atomic mass is 19.1. The van der Waals surface area contributed by atoms with Crippen LogP contribution in [0.4, 0.5) is 4.39 Å². The average Bonchev–Trinajstić information content (AvgIpc) is 2.62. The largest absolute Gasteiger partial charge is 0.207 e. The summed E-state index contributed by atoms with van der Waals surface area (Å²) >= 11 is 0. The number of fused-ring (bicyclic) bond motifs is 1. The van der Waals surface area contributed by atoms with E-state index in [2.05, 4.69) is 43.3 Å². The molecular formula is C24H29F. The zero-order chi connectivity index (χ0) is 17.6. The molecule has 1 atom stereocenters. The molecule has 3 rings (SSSR count). The van der Waals surface area contributed by atoms with Crippen LogP contribution in [0.1, 0.15) is 66.8 Å². The fraction of sp³-hybridized carbons (Fsp3) is 0.417. The van der Waals surface area contributed by atoms with E-state index >= 15 is 0 Å². The molecule has 1 aliphatic rings. The van der Waals surface area contributed by atoms with E-state index in [1.807, 2.05) is 13.0 Å². The molecule has 132 valence electrons. The SMILES string of the molecule is C/C=C/CCc1ccc(C2CCc3cc(CCC)ccc3C2)c(F)c1. The van der Waals surface area contributed by atoms with Gasteiger partial charge in [-0.3, -0.25) is 0 Å². The standard InChI is InChI=1S/C24H29F/c1-3-5-6-8-19-10-14-23(24(25)16-19)22-13-12-20-15-18(7-4-2)9-11-21(20)17-22/h3,5,9-11,14-16,22H,4,6-8,12-13,17H2,1-2H3/b5-3+. The number of hydrogen-bond acceptors (Lipinski definition) is 0. The van der Waals surface area contributed by atoms with E-state index < -0.39 is 0 Å². The van der Waals surface area contributed by atoms with Gasteiger partial charge in [-0.25, -0.2) is 4.39 Å². The van der Waals surface area contributed by atoms with Crippen molar-refractivity contribution in [3.63, 3.8) is 0 Å². The van der Waals surface area contributed by atoms with Crippen molar-refractivity contribution in [1.29, 1.82) is 0 Å². The summed E-state index contributed by atoms with van der Waals surface area (Å²) in [5.74, 6) is 0.295. The maximum Gasteiger partial charge on any atom is 0.126 e. The maximum atomic E-state index is 14.7.